The SMILES string of the molecule is COC(=O)N[C@H](C(=O)N1C2CC[C@@H](C2)[C@H]1c1ncc(-c2ccc(-c3ccc4cc(-c5cnc(CN(CC6(C)CC6)C(=O)[C@@H](NC(=O)OC)C(C)OC)[nH]5)ccc4c3)cc2)[nH]1)C(C)C. The third-order valence-electron chi connectivity index (χ3n) is 13.3. The van der Waals surface area contributed by atoms with Gasteiger partial charge in [0.2, 0.25) is 11.8 Å². The first-order valence-corrected chi connectivity index (χ1v) is 21.8. The van der Waals surface area contributed by atoms with Crippen LogP contribution in [0, 0.1) is 17.3 Å². The number of likely N-dealkylation sites (tertiary alicyclic amines) is 1. The molecule has 2 bridgehead atoms. The lowest BCUT2D eigenvalue weighted by Gasteiger charge is -2.37. The fraction of sp³-hybridized carbons (Fsp3) is 0.458. The van der Waals surface area contributed by atoms with Crippen LogP contribution >= 0.6 is 0 Å². The summed E-state index contributed by atoms with van der Waals surface area (Å²) in [5.74, 6) is 1.26. The number of piperidine rings is 1. The average Bonchev–Trinajstić information content (AvgIpc) is 3.84. The number of hydrogen-bond donors (Lipinski definition) is 4. The molecule has 2 saturated carbocycles. The highest BCUT2D eigenvalue weighted by atomic mass is 16.5. The van der Waals surface area contributed by atoms with Crippen molar-refractivity contribution in [2.45, 2.75) is 96.6 Å². The molecule has 3 heterocycles. The van der Waals surface area contributed by atoms with E-state index in [1.165, 1.54) is 21.3 Å². The summed E-state index contributed by atoms with van der Waals surface area (Å²) < 4.78 is 15.1. The number of aromatic nitrogens is 4. The van der Waals surface area contributed by atoms with Crippen LogP contribution in [0.1, 0.15) is 77.5 Å². The number of fused-ring (bicyclic) bond motifs is 3. The summed E-state index contributed by atoms with van der Waals surface area (Å²) in [5, 5.41) is 7.58. The summed E-state index contributed by atoms with van der Waals surface area (Å²) >= 11 is 0. The van der Waals surface area contributed by atoms with Crippen molar-refractivity contribution in [1.82, 2.24) is 40.4 Å². The number of nitrogens with zero attached hydrogens (tertiary/aromatic N) is 4. The maximum Gasteiger partial charge on any atom is 0.407 e. The number of ether oxygens (including phenoxy) is 3. The molecular weight excluding hydrogens is 801 g/mol. The van der Waals surface area contributed by atoms with Crippen molar-refractivity contribution in [3.05, 3.63) is 84.7 Å². The van der Waals surface area contributed by atoms with Gasteiger partial charge in [0.15, 0.2) is 0 Å². The maximum absolute atomic E-state index is 14.0. The molecule has 3 aromatic carbocycles. The molecule has 332 valence electrons. The normalized spacial score (nSPS) is 20.0. The number of aromatic amines is 2. The molecule has 4 N–H and O–H groups in total. The zero-order valence-electron chi connectivity index (χ0n) is 37.1. The number of H-pyrrole nitrogens is 2. The van der Waals surface area contributed by atoms with Gasteiger partial charge in [-0.3, -0.25) is 9.59 Å². The largest absolute Gasteiger partial charge is 0.453 e. The molecular formula is C48H58N8O7. The van der Waals surface area contributed by atoms with Crippen LogP contribution in [0.25, 0.3) is 44.4 Å². The molecule has 8 rings (SSSR count). The molecule has 2 aliphatic carbocycles. The molecule has 5 aromatic rings. The first kappa shape index (κ1) is 43.4. The minimum atomic E-state index is -0.918. The minimum absolute atomic E-state index is 0.0213. The molecule has 15 heteroatoms. The summed E-state index contributed by atoms with van der Waals surface area (Å²) in [7, 11) is 4.08. The fourth-order valence-corrected chi connectivity index (χ4v) is 9.30. The number of benzene rings is 3. The van der Waals surface area contributed by atoms with Crippen molar-refractivity contribution < 1.29 is 33.4 Å². The molecule has 6 atom stereocenters. The lowest BCUT2D eigenvalue weighted by Crippen LogP contribution is -2.54. The molecule has 2 unspecified atom stereocenters. The smallest absolute Gasteiger partial charge is 0.407 e. The van der Waals surface area contributed by atoms with E-state index in [0.29, 0.717) is 18.3 Å². The molecule has 1 saturated heterocycles. The quantitative estimate of drug-likeness (QED) is 0.0823. The highest BCUT2D eigenvalue weighted by molar-refractivity contribution is 5.91. The Labute approximate surface area is 367 Å². The van der Waals surface area contributed by atoms with Crippen LogP contribution < -0.4 is 10.6 Å². The summed E-state index contributed by atoms with van der Waals surface area (Å²) in [6.07, 6.45) is 6.73. The van der Waals surface area contributed by atoms with Gasteiger partial charge in [0.1, 0.15) is 23.7 Å². The molecule has 63 heavy (non-hydrogen) atoms. The Balaban J connectivity index is 0.952. The van der Waals surface area contributed by atoms with Gasteiger partial charge in [-0.1, -0.05) is 69.3 Å². The van der Waals surface area contributed by atoms with E-state index in [2.05, 4.69) is 93.2 Å². The maximum atomic E-state index is 14.0. The van der Waals surface area contributed by atoms with Crippen molar-refractivity contribution in [2.24, 2.45) is 17.3 Å². The van der Waals surface area contributed by atoms with E-state index < -0.39 is 30.4 Å². The van der Waals surface area contributed by atoms with E-state index in [0.717, 1.165) is 82.3 Å². The molecule has 3 fully saturated rings. The number of hydrogen-bond acceptors (Lipinski definition) is 9. The fourth-order valence-electron chi connectivity index (χ4n) is 9.30. The topological polar surface area (TPSA) is 184 Å². The van der Waals surface area contributed by atoms with Gasteiger partial charge in [0, 0.05) is 25.3 Å². The third-order valence-corrected chi connectivity index (χ3v) is 13.3. The van der Waals surface area contributed by atoms with Gasteiger partial charge >= 0.3 is 12.2 Å². The number of methoxy groups -OCH3 is 3. The number of alkyl carbamates (subject to hydrolysis) is 2. The van der Waals surface area contributed by atoms with Crippen LogP contribution in [-0.4, -0.2) is 106 Å². The van der Waals surface area contributed by atoms with E-state index >= 15 is 0 Å². The Bertz CT molecular complexity index is 2480. The first-order valence-electron chi connectivity index (χ1n) is 21.8. The van der Waals surface area contributed by atoms with Crippen LogP contribution in [-0.2, 0) is 30.3 Å². The van der Waals surface area contributed by atoms with Crippen LogP contribution in [0.15, 0.2) is 73.1 Å². The number of amides is 4. The average molecular weight is 859 g/mol. The molecule has 0 spiro atoms. The molecule has 1 aliphatic heterocycles. The predicted octanol–water partition coefficient (Wildman–Crippen LogP) is 7.61. The van der Waals surface area contributed by atoms with Crippen molar-refractivity contribution in [1.29, 1.82) is 0 Å². The van der Waals surface area contributed by atoms with Gasteiger partial charge in [0.25, 0.3) is 0 Å². The van der Waals surface area contributed by atoms with E-state index in [1.807, 2.05) is 24.9 Å². The second-order valence-corrected chi connectivity index (χ2v) is 18.1. The summed E-state index contributed by atoms with van der Waals surface area (Å²) in [6, 6.07) is 19.5. The standard InChI is InChI=1S/C48H58N8O7/c1-27(2)40(53-46(59)62-6)45(58)56-36-17-16-35(22-36)42(56)43-50-24-37(52-43)30-10-8-29(9-11-30)31-12-13-33-21-34(15-14-32(33)20-31)38-23-49-39(51-38)25-55(26-48(4)18-19-48)44(57)41(28(3)61-5)54-47(60)63-7/h8-15,20-21,23-24,27-28,35-36,40-42H,16-19,22,25-26H2,1-7H3,(H,49,51)(H,50,52)(H,53,59)(H,54,60)/t28?,35-,36?,40-,41-,42-/m0/s1. The lowest BCUT2D eigenvalue weighted by molar-refractivity contribution is -0.139. The van der Waals surface area contributed by atoms with Gasteiger partial charge in [-0.15, -0.1) is 0 Å². The Kier molecular flexibility index (Phi) is 12.3. The number of rotatable bonds is 15. The third kappa shape index (κ3) is 9.15. The zero-order chi connectivity index (χ0) is 44.6. The van der Waals surface area contributed by atoms with Crippen LogP contribution in [0.2, 0.25) is 0 Å². The summed E-state index contributed by atoms with van der Waals surface area (Å²) in [4.78, 5) is 72.3. The van der Waals surface area contributed by atoms with Crippen molar-refractivity contribution in [2.75, 3.05) is 27.9 Å². The Morgan fingerprint density at radius 2 is 1.40 bits per heavy atom. The lowest BCUT2D eigenvalue weighted by atomic mass is 9.95. The van der Waals surface area contributed by atoms with E-state index in [9.17, 15) is 19.2 Å². The summed E-state index contributed by atoms with van der Waals surface area (Å²) in [6.45, 7) is 8.54. The van der Waals surface area contributed by atoms with Crippen molar-refractivity contribution in [3.8, 4) is 33.6 Å². The number of nitrogens with one attached hydrogen (secondary N) is 4. The van der Waals surface area contributed by atoms with Crippen LogP contribution in [0.4, 0.5) is 9.59 Å². The molecule has 3 aliphatic rings. The second-order valence-electron chi connectivity index (χ2n) is 18.1. The van der Waals surface area contributed by atoms with E-state index in [1.54, 1.807) is 18.0 Å². The van der Waals surface area contributed by atoms with Gasteiger partial charge < -0.3 is 44.6 Å². The van der Waals surface area contributed by atoms with Gasteiger partial charge in [-0.05, 0) is 95.9 Å². The monoisotopic (exact) mass is 858 g/mol. The molecule has 15 nitrogen and oxygen atoms in total. The number of imidazole rings is 2. The number of carbonyl (C=O) groups is 4. The Morgan fingerprint density at radius 3 is 2.05 bits per heavy atom. The minimum Gasteiger partial charge on any atom is -0.453 e. The zero-order valence-corrected chi connectivity index (χ0v) is 37.1. The van der Waals surface area contributed by atoms with E-state index in [-0.39, 0.29) is 41.8 Å². The highest BCUT2D eigenvalue weighted by Gasteiger charge is 2.51. The molecule has 0 radical (unpaired) electrons. The molecule has 2 aromatic heterocycles. The number of carbonyl (C=O) groups excluding carboxylic acids is 4. The van der Waals surface area contributed by atoms with Gasteiger partial charge in [-0.2, -0.15) is 0 Å². The van der Waals surface area contributed by atoms with Crippen LogP contribution in [0.3, 0.4) is 0 Å². The second kappa shape index (κ2) is 17.9. The predicted molar refractivity (Wildman–Crippen MR) is 238 cm³/mol. The highest BCUT2D eigenvalue weighted by Crippen LogP contribution is 2.50. The van der Waals surface area contributed by atoms with Gasteiger partial charge in [-0.25, -0.2) is 19.6 Å². The first-order chi connectivity index (χ1) is 30.3. The Morgan fingerprint density at radius 1 is 0.794 bits per heavy atom. The van der Waals surface area contributed by atoms with Crippen molar-refractivity contribution >= 4 is 34.8 Å². The Hall–Kier alpha value is -6.22. The molecule has 4 amide bonds. The van der Waals surface area contributed by atoms with Gasteiger partial charge in [0.05, 0.1) is 56.7 Å². The summed E-state index contributed by atoms with van der Waals surface area (Å²) in [5.41, 5.74) is 5.86. The van der Waals surface area contributed by atoms with Crippen molar-refractivity contribution in [3.63, 3.8) is 0 Å². The van der Waals surface area contributed by atoms with Crippen LogP contribution in [0.5, 0.6) is 0 Å². The van der Waals surface area contributed by atoms with E-state index in [4.69, 9.17) is 19.2 Å².